The first kappa shape index (κ1) is 7.61. The van der Waals surface area contributed by atoms with Crippen LogP contribution < -0.4 is 0 Å². The predicted octanol–water partition coefficient (Wildman–Crippen LogP) is 3.00. The van der Waals surface area contributed by atoms with Crippen LogP contribution in [-0.2, 0) is 0 Å². The van der Waals surface area contributed by atoms with E-state index >= 15 is 0 Å². The number of rotatable bonds is 0. The van der Waals surface area contributed by atoms with Gasteiger partial charge in [-0.05, 0) is 38.5 Å². The lowest BCUT2D eigenvalue weighted by molar-refractivity contribution is 0.142. The van der Waals surface area contributed by atoms with Gasteiger partial charge in [0, 0.05) is 4.32 Å². The summed E-state index contributed by atoms with van der Waals surface area (Å²) in [5.41, 5.74) is 0.0789. The smallest absolute Gasteiger partial charge is 0.0689 e. The molecule has 3 aliphatic carbocycles. The molecule has 0 unspecified atom stereocenters. The van der Waals surface area contributed by atoms with Crippen molar-refractivity contribution in [3.63, 3.8) is 0 Å². The van der Waals surface area contributed by atoms with Crippen molar-refractivity contribution in [3.05, 3.63) is 0 Å². The fourth-order valence-electron chi connectivity index (χ4n) is 2.31. The second-order valence-corrected chi connectivity index (χ2v) is 5.73. The minimum absolute atomic E-state index is 0.0789. The topological polar surface area (TPSA) is 23.8 Å². The summed E-state index contributed by atoms with van der Waals surface area (Å²) in [6.07, 6.45) is 6.99. The molecule has 0 N–H and O–H groups in total. The molecule has 0 saturated heterocycles. The van der Waals surface area contributed by atoms with Crippen molar-refractivity contribution in [2.75, 3.05) is 0 Å². The van der Waals surface area contributed by atoms with Crippen LogP contribution in [-0.4, -0.2) is 4.32 Å². The Morgan fingerprint density at radius 3 is 1.82 bits per heavy atom. The van der Waals surface area contributed by atoms with Gasteiger partial charge in [0.25, 0.3) is 0 Å². The molecule has 0 spiro atoms. The average molecular weight is 214 g/mol. The number of nitriles is 1. The van der Waals surface area contributed by atoms with Crippen molar-refractivity contribution in [1.82, 2.24) is 0 Å². The molecule has 0 atom stereocenters. The van der Waals surface area contributed by atoms with Crippen LogP contribution in [0.25, 0.3) is 0 Å². The van der Waals surface area contributed by atoms with Crippen LogP contribution in [0.3, 0.4) is 0 Å². The Morgan fingerprint density at radius 1 is 1.00 bits per heavy atom. The summed E-state index contributed by atoms with van der Waals surface area (Å²) in [7, 11) is 0. The summed E-state index contributed by atoms with van der Waals surface area (Å²) in [4.78, 5) is 0. The fraction of sp³-hybridized carbons (Fsp3) is 0.889. The molecule has 3 fully saturated rings. The van der Waals surface area contributed by atoms with Crippen molar-refractivity contribution in [3.8, 4) is 6.07 Å². The zero-order chi connectivity index (χ0) is 7.95. The molecule has 60 valence electrons. The third kappa shape index (κ3) is 1.10. The van der Waals surface area contributed by atoms with E-state index in [9.17, 15) is 0 Å². The molecule has 3 rings (SSSR count). The first-order valence-electron chi connectivity index (χ1n) is 4.28. The molecule has 3 aliphatic rings. The van der Waals surface area contributed by atoms with E-state index in [0.29, 0.717) is 4.32 Å². The van der Waals surface area contributed by atoms with E-state index < -0.39 is 0 Å². The molecule has 0 aliphatic heterocycles. The lowest BCUT2D eigenvalue weighted by atomic mass is 9.61. The van der Waals surface area contributed by atoms with Crippen molar-refractivity contribution < 1.29 is 0 Å². The molecule has 11 heavy (non-hydrogen) atoms. The predicted molar refractivity (Wildman–Crippen MR) is 47.4 cm³/mol. The molecular formula is C9H12BrN. The van der Waals surface area contributed by atoms with Crippen LogP contribution in [0, 0.1) is 16.7 Å². The summed E-state index contributed by atoms with van der Waals surface area (Å²) < 4.78 is 0.422. The molecule has 0 aromatic rings. The Balaban J connectivity index is 2.20. The maximum absolute atomic E-state index is 8.98. The highest BCUT2D eigenvalue weighted by atomic mass is 79.9. The van der Waals surface area contributed by atoms with Gasteiger partial charge < -0.3 is 0 Å². The van der Waals surface area contributed by atoms with Gasteiger partial charge >= 0.3 is 0 Å². The van der Waals surface area contributed by atoms with Crippen molar-refractivity contribution >= 4 is 15.9 Å². The minimum atomic E-state index is 0.0789. The zero-order valence-electron chi connectivity index (χ0n) is 6.57. The first-order valence-corrected chi connectivity index (χ1v) is 5.08. The number of hydrogen-bond acceptors (Lipinski definition) is 1. The maximum atomic E-state index is 8.98. The molecule has 0 aromatic carbocycles. The third-order valence-electron chi connectivity index (χ3n) is 3.39. The van der Waals surface area contributed by atoms with E-state index in [4.69, 9.17) is 5.26 Å². The monoisotopic (exact) mass is 213 g/mol. The normalized spacial score (nSPS) is 48.7. The van der Waals surface area contributed by atoms with E-state index in [1.165, 1.54) is 19.3 Å². The minimum Gasteiger partial charge on any atom is -0.198 e. The highest BCUT2D eigenvalue weighted by Crippen LogP contribution is 2.55. The first-order chi connectivity index (χ1) is 5.18. The Bertz CT molecular complexity index is 192. The number of nitrogens with zero attached hydrogens (tertiary/aromatic N) is 1. The van der Waals surface area contributed by atoms with Crippen LogP contribution in [0.5, 0.6) is 0 Å². The number of alkyl halides is 1. The maximum Gasteiger partial charge on any atom is 0.0689 e. The largest absolute Gasteiger partial charge is 0.198 e. The van der Waals surface area contributed by atoms with Gasteiger partial charge in [-0.3, -0.25) is 0 Å². The Morgan fingerprint density at radius 2 is 1.45 bits per heavy atom. The summed E-state index contributed by atoms with van der Waals surface area (Å²) in [6, 6.07) is 2.50. The van der Waals surface area contributed by atoms with Gasteiger partial charge in [-0.25, -0.2) is 0 Å². The van der Waals surface area contributed by atoms with Gasteiger partial charge in [0.15, 0.2) is 0 Å². The van der Waals surface area contributed by atoms with E-state index in [0.717, 1.165) is 19.3 Å². The van der Waals surface area contributed by atoms with Crippen LogP contribution in [0.2, 0.25) is 0 Å². The van der Waals surface area contributed by atoms with Gasteiger partial charge in [0.1, 0.15) is 0 Å². The van der Waals surface area contributed by atoms with E-state index in [-0.39, 0.29) is 5.41 Å². The molecule has 0 aromatic heterocycles. The van der Waals surface area contributed by atoms with Gasteiger partial charge in [0.05, 0.1) is 11.5 Å². The van der Waals surface area contributed by atoms with Crippen molar-refractivity contribution in [2.24, 2.45) is 5.41 Å². The highest BCUT2D eigenvalue weighted by Gasteiger charge is 2.47. The van der Waals surface area contributed by atoms with Crippen LogP contribution in [0.4, 0.5) is 0 Å². The number of halogens is 1. The number of hydrogen-bond donors (Lipinski definition) is 0. The van der Waals surface area contributed by atoms with Gasteiger partial charge in [-0.1, -0.05) is 15.9 Å². The molecule has 3 saturated carbocycles. The quantitative estimate of drug-likeness (QED) is 0.568. The van der Waals surface area contributed by atoms with Crippen LogP contribution >= 0.6 is 15.9 Å². The Kier molecular flexibility index (Phi) is 1.54. The molecule has 0 radical (unpaired) electrons. The second-order valence-electron chi connectivity index (χ2n) is 4.04. The Labute approximate surface area is 75.9 Å². The molecule has 0 amide bonds. The molecule has 0 heterocycles. The molecular weight excluding hydrogens is 202 g/mol. The standard InChI is InChI=1S/C9H12BrN/c10-9-4-1-8(7-11,2-5-9)3-6-9/h1-6H2. The second kappa shape index (κ2) is 2.23. The SMILES string of the molecule is N#CC12CCC(Br)(CC1)CC2. The van der Waals surface area contributed by atoms with E-state index in [2.05, 4.69) is 22.0 Å². The Hall–Kier alpha value is -0.0300. The van der Waals surface area contributed by atoms with Gasteiger partial charge in [-0.2, -0.15) is 5.26 Å². The van der Waals surface area contributed by atoms with Crippen molar-refractivity contribution in [2.45, 2.75) is 42.8 Å². The lowest BCUT2D eigenvalue weighted by Gasteiger charge is -2.47. The lowest BCUT2D eigenvalue weighted by Crippen LogP contribution is -2.41. The highest BCUT2D eigenvalue weighted by molar-refractivity contribution is 9.10. The molecule has 2 bridgehead atoms. The number of fused-ring (bicyclic) bond motifs is 3. The summed E-state index contributed by atoms with van der Waals surface area (Å²) >= 11 is 3.78. The van der Waals surface area contributed by atoms with Crippen LogP contribution in [0.15, 0.2) is 0 Å². The molecule has 2 heteroatoms. The van der Waals surface area contributed by atoms with Gasteiger partial charge in [0.2, 0.25) is 0 Å². The molecule has 1 nitrogen and oxygen atoms in total. The summed E-state index contributed by atoms with van der Waals surface area (Å²) in [6.45, 7) is 0. The van der Waals surface area contributed by atoms with E-state index in [1.54, 1.807) is 0 Å². The van der Waals surface area contributed by atoms with Crippen molar-refractivity contribution in [1.29, 1.82) is 5.26 Å². The third-order valence-corrected chi connectivity index (χ3v) is 4.58. The summed E-state index contributed by atoms with van der Waals surface area (Å²) in [5.74, 6) is 0. The van der Waals surface area contributed by atoms with Gasteiger partial charge in [-0.15, -0.1) is 0 Å². The summed E-state index contributed by atoms with van der Waals surface area (Å²) in [5, 5.41) is 8.98. The fourth-order valence-corrected chi connectivity index (χ4v) is 2.90. The zero-order valence-corrected chi connectivity index (χ0v) is 8.15. The average Bonchev–Trinajstić information content (AvgIpc) is 2.07. The van der Waals surface area contributed by atoms with Crippen LogP contribution in [0.1, 0.15) is 38.5 Å². The van der Waals surface area contributed by atoms with E-state index in [1.807, 2.05) is 0 Å².